The summed E-state index contributed by atoms with van der Waals surface area (Å²) in [6.45, 7) is 2.00. The predicted octanol–water partition coefficient (Wildman–Crippen LogP) is 4.11. The van der Waals surface area contributed by atoms with Gasteiger partial charge < -0.3 is 0 Å². The lowest BCUT2D eigenvalue weighted by molar-refractivity contribution is 0.598. The molecule has 0 fully saturated rings. The molecule has 6 heteroatoms. The Bertz CT molecular complexity index is 767. The zero-order valence-corrected chi connectivity index (χ0v) is 15.7. The van der Waals surface area contributed by atoms with Crippen molar-refractivity contribution in [3.63, 3.8) is 0 Å². The molecular formula is C16H18BrNO2S2. The van der Waals surface area contributed by atoms with Crippen LogP contribution >= 0.6 is 15.9 Å². The summed E-state index contributed by atoms with van der Waals surface area (Å²) in [5.41, 5.74) is 2.25. The first-order chi connectivity index (χ1) is 10.4. The number of rotatable bonds is 5. The Kier molecular flexibility index (Phi) is 5.94. The van der Waals surface area contributed by atoms with Crippen LogP contribution in [-0.4, -0.2) is 20.0 Å². The van der Waals surface area contributed by atoms with Gasteiger partial charge in [-0.2, -0.15) is 8.42 Å². The van der Waals surface area contributed by atoms with Gasteiger partial charge in [-0.25, -0.2) is 0 Å². The van der Waals surface area contributed by atoms with Crippen LogP contribution in [0.15, 0.2) is 62.1 Å². The van der Waals surface area contributed by atoms with Gasteiger partial charge in [-0.05, 0) is 49.4 Å². The van der Waals surface area contributed by atoms with Crippen molar-refractivity contribution < 1.29 is 8.42 Å². The molecule has 2 aromatic carbocycles. The first kappa shape index (κ1) is 17.4. The quantitative estimate of drug-likeness (QED) is 0.709. The molecule has 0 radical (unpaired) electrons. The second-order valence-electron chi connectivity index (χ2n) is 4.92. The van der Waals surface area contributed by atoms with Crippen molar-refractivity contribution >= 4 is 36.6 Å². The van der Waals surface area contributed by atoms with Crippen molar-refractivity contribution in [1.82, 2.24) is 0 Å². The summed E-state index contributed by atoms with van der Waals surface area (Å²) < 4.78 is 28.8. The first-order valence-electron chi connectivity index (χ1n) is 6.78. The van der Waals surface area contributed by atoms with E-state index in [2.05, 4.69) is 19.7 Å². The van der Waals surface area contributed by atoms with Crippen molar-refractivity contribution in [2.75, 3.05) is 11.6 Å². The van der Waals surface area contributed by atoms with Crippen LogP contribution in [0.25, 0.3) is 0 Å². The standard InChI is InChI=1S/C16H18BrNO2S2/c1-13-3-7-15(8-4-13)21(2)18-22(19,20)16-9-5-14(6-10-16)11-12-17/h3-10H,11-12H2,1-2H3/t21-/m1/s1. The van der Waals surface area contributed by atoms with Gasteiger partial charge in [0.05, 0.1) is 4.90 Å². The van der Waals surface area contributed by atoms with E-state index in [-0.39, 0.29) is 4.90 Å². The normalized spacial score (nSPS) is 13.2. The molecule has 0 aliphatic carbocycles. The van der Waals surface area contributed by atoms with E-state index in [0.717, 1.165) is 27.8 Å². The zero-order valence-electron chi connectivity index (χ0n) is 12.5. The van der Waals surface area contributed by atoms with Crippen molar-refractivity contribution in [3.8, 4) is 0 Å². The van der Waals surface area contributed by atoms with Gasteiger partial charge in [-0.1, -0.05) is 56.5 Å². The number of hydrogen-bond acceptors (Lipinski definition) is 2. The summed E-state index contributed by atoms with van der Waals surface area (Å²) in [5.74, 6) is 0. The molecule has 0 bridgehead atoms. The van der Waals surface area contributed by atoms with Crippen LogP contribution in [0.2, 0.25) is 0 Å². The maximum atomic E-state index is 12.4. The van der Waals surface area contributed by atoms with Crippen LogP contribution in [-0.2, 0) is 27.1 Å². The highest BCUT2D eigenvalue weighted by Crippen LogP contribution is 2.17. The number of aryl methyl sites for hydroxylation is 2. The Morgan fingerprint density at radius 3 is 2.18 bits per heavy atom. The molecule has 0 unspecified atom stereocenters. The maximum absolute atomic E-state index is 12.4. The Hall–Kier alpha value is -0.980. The van der Waals surface area contributed by atoms with Crippen LogP contribution in [0.3, 0.4) is 0 Å². The van der Waals surface area contributed by atoms with Crippen molar-refractivity contribution in [3.05, 3.63) is 59.7 Å². The zero-order chi connectivity index (χ0) is 16.2. The van der Waals surface area contributed by atoms with Gasteiger partial charge in [0.15, 0.2) is 0 Å². The maximum Gasteiger partial charge on any atom is 0.288 e. The van der Waals surface area contributed by atoms with Gasteiger partial charge in [-0.3, -0.25) is 0 Å². The predicted molar refractivity (Wildman–Crippen MR) is 96.3 cm³/mol. The fourth-order valence-corrected chi connectivity index (χ4v) is 5.24. The summed E-state index contributed by atoms with van der Waals surface area (Å²) in [7, 11) is -4.31. The monoisotopic (exact) mass is 399 g/mol. The number of sulfonamides is 1. The lowest BCUT2D eigenvalue weighted by Gasteiger charge is -2.05. The van der Waals surface area contributed by atoms with Gasteiger partial charge >= 0.3 is 0 Å². The average Bonchev–Trinajstić information content (AvgIpc) is 2.48. The molecule has 0 amide bonds. The van der Waals surface area contributed by atoms with Crippen molar-refractivity contribution in [2.24, 2.45) is 3.77 Å². The molecule has 22 heavy (non-hydrogen) atoms. The van der Waals surface area contributed by atoms with Crippen LogP contribution in [0.5, 0.6) is 0 Å². The third-order valence-electron chi connectivity index (χ3n) is 3.18. The Morgan fingerprint density at radius 2 is 1.64 bits per heavy atom. The molecule has 0 saturated carbocycles. The summed E-state index contributed by atoms with van der Waals surface area (Å²) >= 11 is 3.37. The van der Waals surface area contributed by atoms with E-state index in [1.807, 2.05) is 49.6 Å². The molecule has 0 saturated heterocycles. The smallest absolute Gasteiger partial charge is 0.199 e. The molecule has 0 heterocycles. The Balaban J connectivity index is 2.29. The molecule has 0 aromatic heterocycles. The van der Waals surface area contributed by atoms with E-state index >= 15 is 0 Å². The highest BCUT2D eigenvalue weighted by Gasteiger charge is 2.13. The van der Waals surface area contributed by atoms with Gasteiger partial charge in [-0.15, -0.1) is 3.77 Å². The van der Waals surface area contributed by atoms with Crippen LogP contribution in [0.4, 0.5) is 0 Å². The average molecular weight is 400 g/mol. The number of hydrogen-bond donors (Lipinski definition) is 0. The van der Waals surface area contributed by atoms with Gasteiger partial charge in [0, 0.05) is 10.2 Å². The minimum Gasteiger partial charge on any atom is -0.199 e. The molecule has 0 aliphatic heterocycles. The molecule has 0 N–H and O–H groups in total. The number of benzene rings is 2. The van der Waals surface area contributed by atoms with E-state index in [0.29, 0.717) is 0 Å². The lowest BCUT2D eigenvalue weighted by Crippen LogP contribution is -2.00. The molecule has 118 valence electrons. The van der Waals surface area contributed by atoms with Gasteiger partial charge in [0.25, 0.3) is 10.0 Å². The summed E-state index contributed by atoms with van der Waals surface area (Å²) in [6.07, 6.45) is 2.69. The number of halogens is 1. The van der Waals surface area contributed by atoms with E-state index in [9.17, 15) is 8.42 Å². The minimum absolute atomic E-state index is 0.247. The van der Waals surface area contributed by atoms with Gasteiger partial charge in [0.1, 0.15) is 0 Å². The van der Waals surface area contributed by atoms with E-state index in [4.69, 9.17) is 0 Å². The summed E-state index contributed by atoms with van der Waals surface area (Å²) in [6, 6.07) is 14.7. The molecule has 2 aromatic rings. The molecule has 1 atom stereocenters. The second-order valence-corrected chi connectivity index (χ2v) is 9.16. The molecule has 3 nitrogen and oxygen atoms in total. The minimum atomic E-state index is -3.62. The van der Waals surface area contributed by atoms with E-state index in [1.54, 1.807) is 12.1 Å². The topological polar surface area (TPSA) is 46.5 Å². The lowest BCUT2D eigenvalue weighted by atomic mass is 10.2. The Morgan fingerprint density at radius 1 is 1.05 bits per heavy atom. The molecule has 0 spiro atoms. The summed E-state index contributed by atoms with van der Waals surface area (Å²) in [4.78, 5) is 1.17. The third kappa shape index (κ3) is 4.51. The van der Waals surface area contributed by atoms with E-state index < -0.39 is 20.7 Å². The van der Waals surface area contributed by atoms with Crippen molar-refractivity contribution in [1.29, 1.82) is 0 Å². The molecule has 2 rings (SSSR count). The highest BCUT2D eigenvalue weighted by atomic mass is 79.9. The first-order valence-corrected chi connectivity index (χ1v) is 10.9. The largest absolute Gasteiger partial charge is 0.288 e. The number of alkyl halides is 1. The van der Waals surface area contributed by atoms with Crippen molar-refractivity contribution in [2.45, 2.75) is 23.1 Å². The summed E-state index contributed by atoms with van der Waals surface area (Å²) in [5, 5.41) is 0.856. The second kappa shape index (κ2) is 7.53. The fourth-order valence-electron chi connectivity index (χ4n) is 1.91. The van der Waals surface area contributed by atoms with Crippen LogP contribution in [0, 0.1) is 6.92 Å². The van der Waals surface area contributed by atoms with Crippen LogP contribution in [0.1, 0.15) is 11.1 Å². The molecular weight excluding hydrogens is 382 g/mol. The van der Waals surface area contributed by atoms with Gasteiger partial charge in [0.2, 0.25) is 0 Å². The Labute approximate surface area is 143 Å². The molecule has 0 aliphatic rings. The van der Waals surface area contributed by atoms with Crippen LogP contribution < -0.4 is 0 Å². The van der Waals surface area contributed by atoms with E-state index in [1.165, 1.54) is 0 Å². The SMILES string of the molecule is Cc1ccc([S@@](C)=NS(=O)(=O)c2ccc(CCBr)cc2)cc1. The fraction of sp³-hybridized carbons (Fsp3) is 0.250. The number of nitrogens with zero attached hydrogens (tertiary/aromatic N) is 1. The third-order valence-corrected chi connectivity index (χ3v) is 7.07. The highest BCUT2D eigenvalue weighted by molar-refractivity contribution is 9.09.